The van der Waals surface area contributed by atoms with E-state index in [-0.39, 0.29) is 5.92 Å². The monoisotopic (exact) mass is 475 g/mol. The van der Waals surface area contributed by atoms with Crippen LogP contribution in [0.2, 0.25) is 0 Å². The molecule has 0 aliphatic carbocycles. The number of nitrogens with one attached hydrogen (secondary N) is 1. The fraction of sp³-hybridized carbons (Fsp3) is 0.280. The van der Waals surface area contributed by atoms with Crippen molar-refractivity contribution in [3.8, 4) is 11.6 Å². The molecule has 1 unspecified atom stereocenters. The third kappa shape index (κ3) is 4.91. The maximum atomic E-state index is 11.2. The standard InChI is InChI=1S/C25H25N5O3S/c1-32-22(16-31)30-14-10-17(11-15-30)23-24(27-13-12-26-23)33-19-8-6-18(7-9-19)28-25-29-20-4-2-3-5-21(20)34-25/h2-9,12-13,16-17,22H,10-11,14-15H2,1H3,(H,28,29). The zero-order valence-corrected chi connectivity index (χ0v) is 19.6. The molecule has 34 heavy (non-hydrogen) atoms. The van der Waals surface area contributed by atoms with Gasteiger partial charge in [-0.05, 0) is 49.2 Å². The van der Waals surface area contributed by atoms with Gasteiger partial charge in [0, 0.05) is 44.2 Å². The van der Waals surface area contributed by atoms with Crippen LogP contribution >= 0.6 is 11.3 Å². The molecule has 2 aromatic heterocycles. The van der Waals surface area contributed by atoms with Crippen LogP contribution in [0.5, 0.6) is 11.6 Å². The number of rotatable bonds is 8. The Morgan fingerprint density at radius 1 is 1.09 bits per heavy atom. The summed E-state index contributed by atoms with van der Waals surface area (Å²) in [6.45, 7) is 1.51. The van der Waals surface area contributed by atoms with Gasteiger partial charge in [0.05, 0.1) is 10.2 Å². The molecule has 9 heteroatoms. The van der Waals surface area contributed by atoms with Crippen LogP contribution in [0.25, 0.3) is 10.2 Å². The third-order valence-corrected chi connectivity index (χ3v) is 6.89. The molecule has 8 nitrogen and oxygen atoms in total. The number of benzene rings is 2. The molecule has 0 bridgehead atoms. The fourth-order valence-corrected chi connectivity index (χ4v) is 5.07. The lowest BCUT2D eigenvalue weighted by Gasteiger charge is -2.34. The van der Waals surface area contributed by atoms with E-state index in [1.165, 1.54) is 0 Å². The highest BCUT2D eigenvalue weighted by atomic mass is 32.1. The quantitative estimate of drug-likeness (QED) is 0.357. The Kier molecular flexibility index (Phi) is 6.75. The highest BCUT2D eigenvalue weighted by molar-refractivity contribution is 7.22. The smallest absolute Gasteiger partial charge is 0.241 e. The van der Waals surface area contributed by atoms with Gasteiger partial charge in [-0.2, -0.15) is 0 Å². The number of para-hydroxylation sites is 1. The van der Waals surface area contributed by atoms with Crippen LogP contribution in [0.15, 0.2) is 60.9 Å². The number of hydrogen-bond donors (Lipinski definition) is 1. The number of nitrogens with zero attached hydrogens (tertiary/aromatic N) is 4. The SMILES string of the molecule is COC(C=O)N1CCC(c2nccnc2Oc2ccc(Nc3nc4ccccc4s3)cc2)CC1. The molecular formula is C25H25N5O3S. The van der Waals surface area contributed by atoms with Crippen molar-refractivity contribution in [2.45, 2.75) is 25.0 Å². The Morgan fingerprint density at radius 2 is 1.85 bits per heavy atom. The number of carbonyl (C=O) groups is 1. The van der Waals surface area contributed by atoms with Gasteiger partial charge in [0.1, 0.15) is 11.4 Å². The molecule has 174 valence electrons. The molecular weight excluding hydrogens is 450 g/mol. The summed E-state index contributed by atoms with van der Waals surface area (Å²) in [7, 11) is 1.56. The first-order chi connectivity index (χ1) is 16.7. The van der Waals surface area contributed by atoms with E-state index in [0.29, 0.717) is 11.6 Å². The molecule has 0 saturated carbocycles. The molecule has 1 N–H and O–H groups in total. The van der Waals surface area contributed by atoms with E-state index in [0.717, 1.165) is 58.9 Å². The highest BCUT2D eigenvalue weighted by Crippen LogP contribution is 2.34. The first-order valence-electron chi connectivity index (χ1n) is 11.2. The van der Waals surface area contributed by atoms with Gasteiger partial charge in [0.15, 0.2) is 17.6 Å². The van der Waals surface area contributed by atoms with Crippen molar-refractivity contribution in [2.24, 2.45) is 0 Å². The van der Waals surface area contributed by atoms with Gasteiger partial charge in [-0.15, -0.1) is 0 Å². The number of likely N-dealkylation sites (tertiary alicyclic amines) is 1. The third-order valence-electron chi connectivity index (χ3n) is 5.94. The van der Waals surface area contributed by atoms with Crippen molar-refractivity contribution >= 4 is 38.7 Å². The molecule has 5 rings (SSSR count). The normalized spacial score (nSPS) is 15.8. The van der Waals surface area contributed by atoms with Crippen molar-refractivity contribution in [2.75, 3.05) is 25.5 Å². The number of hydrogen-bond acceptors (Lipinski definition) is 9. The lowest BCUT2D eigenvalue weighted by Crippen LogP contribution is -2.43. The molecule has 2 aromatic carbocycles. The predicted octanol–water partition coefficient (Wildman–Crippen LogP) is 4.97. The van der Waals surface area contributed by atoms with Crippen molar-refractivity contribution in [1.29, 1.82) is 0 Å². The molecule has 0 spiro atoms. The Hall–Kier alpha value is -3.40. The molecule has 3 heterocycles. The van der Waals surface area contributed by atoms with E-state index in [2.05, 4.69) is 26.3 Å². The zero-order valence-electron chi connectivity index (χ0n) is 18.8. The van der Waals surface area contributed by atoms with Crippen LogP contribution in [-0.2, 0) is 9.53 Å². The number of carbonyl (C=O) groups excluding carboxylic acids is 1. The van der Waals surface area contributed by atoms with Crippen LogP contribution in [0.1, 0.15) is 24.5 Å². The average molecular weight is 476 g/mol. The van der Waals surface area contributed by atoms with E-state index in [4.69, 9.17) is 9.47 Å². The van der Waals surface area contributed by atoms with Gasteiger partial charge in [-0.3, -0.25) is 14.7 Å². The number of thiazole rings is 1. The summed E-state index contributed by atoms with van der Waals surface area (Å²) in [5.74, 6) is 1.42. The van der Waals surface area contributed by atoms with Crippen LogP contribution in [-0.4, -0.2) is 52.6 Å². The van der Waals surface area contributed by atoms with Crippen molar-refractivity contribution in [3.05, 3.63) is 66.6 Å². The summed E-state index contributed by atoms with van der Waals surface area (Å²) < 4.78 is 12.5. The average Bonchev–Trinajstić information content (AvgIpc) is 3.29. The van der Waals surface area contributed by atoms with Crippen LogP contribution in [0, 0.1) is 0 Å². The van der Waals surface area contributed by atoms with Gasteiger partial charge in [0.25, 0.3) is 0 Å². The molecule has 1 atom stereocenters. The fourth-order valence-electron chi connectivity index (χ4n) is 4.18. The van der Waals surface area contributed by atoms with E-state index >= 15 is 0 Å². The van der Waals surface area contributed by atoms with Crippen LogP contribution < -0.4 is 10.1 Å². The molecule has 1 aliphatic rings. The minimum atomic E-state index is -0.492. The highest BCUT2D eigenvalue weighted by Gasteiger charge is 2.28. The molecule has 1 aliphatic heterocycles. The van der Waals surface area contributed by atoms with Gasteiger partial charge in [-0.25, -0.2) is 9.97 Å². The first kappa shape index (κ1) is 22.4. The Morgan fingerprint density at radius 3 is 2.59 bits per heavy atom. The Balaban J connectivity index is 1.25. The van der Waals surface area contributed by atoms with Crippen LogP contribution in [0.3, 0.4) is 0 Å². The minimum absolute atomic E-state index is 0.212. The summed E-state index contributed by atoms with van der Waals surface area (Å²) >= 11 is 1.62. The first-order valence-corrected chi connectivity index (χ1v) is 12.0. The van der Waals surface area contributed by atoms with E-state index in [9.17, 15) is 4.79 Å². The molecule has 0 radical (unpaired) electrons. The summed E-state index contributed by atoms with van der Waals surface area (Å²) in [5, 5.41) is 4.20. The van der Waals surface area contributed by atoms with Gasteiger partial charge in [-0.1, -0.05) is 23.5 Å². The molecule has 0 amide bonds. The maximum absolute atomic E-state index is 11.2. The van der Waals surface area contributed by atoms with E-state index in [1.54, 1.807) is 30.8 Å². The number of aromatic nitrogens is 3. The van der Waals surface area contributed by atoms with E-state index < -0.39 is 6.23 Å². The summed E-state index contributed by atoms with van der Waals surface area (Å²) in [6.07, 6.45) is 5.40. The Bertz CT molecular complexity index is 1220. The van der Waals surface area contributed by atoms with E-state index in [1.807, 2.05) is 47.4 Å². The molecule has 1 fully saturated rings. The van der Waals surface area contributed by atoms with Crippen LogP contribution in [0.4, 0.5) is 10.8 Å². The van der Waals surface area contributed by atoms with Crippen molar-refractivity contribution in [3.63, 3.8) is 0 Å². The number of methoxy groups -OCH3 is 1. The summed E-state index contributed by atoms with van der Waals surface area (Å²) in [5.41, 5.74) is 2.76. The summed E-state index contributed by atoms with van der Waals surface area (Å²) in [6, 6.07) is 15.8. The Labute approximate surface area is 201 Å². The second kappa shape index (κ2) is 10.3. The second-order valence-electron chi connectivity index (χ2n) is 8.06. The number of anilines is 2. The predicted molar refractivity (Wildman–Crippen MR) is 132 cm³/mol. The second-order valence-corrected chi connectivity index (χ2v) is 9.09. The number of fused-ring (bicyclic) bond motifs is 1. The van der Waals surface area contributed by atoms with Gasteiger partial charge in [0.2, 0.25) is 5.88 Å². The maximum Gasteiger partial charge on any atom is 0.241 e. The van der Waals surface area contributed by atoms with Gasteiger partial charge >= 0.3 is 0 Å². The molecule has 4 aromatic rings. The lowest BCUT2D eigenvalue weighted by atomic mass is 9.93. The number of piperidine rings is 1. The van der Waals surface area contributed by atoms with Gasteiger partial charge < -0.3 is 14.8 Å². The topological polar surface area (TPSA) is 89.5 Å². The zero-order chi connectivity index (χ0) is 23.3. The van der Waals surface area contributed by atoms with Crippen molar-refractivity contribution in [1.82, 2.24) is 19.9 Å². The largest absolute Gasteiger partial charge is 0.437 e. The lowest BCUT2D eigenvalue weighted by molar-refractivity contribution is -0.128. The minimum Gasteiger partial charge on any atom is -0.437 e. The van der Waals surface area contributed by atoms with Crippen molar-refractivity contribution < 1.29 is 14.3 Å². The number of ether oxygens (including phenoxy) is 2. The molecule has 1 saturated heterocycles. The number of aldehydes is 1. The summed E-state index contributed by atoms with van der Waals surface area (Å²) in [4.78, 5) is 26.9.